The number of para-hydroxylation sites is 1. The molecule has 0 radical (unpaired) electrons. The van der Waals surface area contributed by atoms with Crippen molar-refractivity contribution in [2.24, 2.45) is 5.41 Å². The molecule has 1 spiro atoms. The SMILES string of the molecule is CCOC1[C@@]2(CC)C=CC[N@@+]13CCc1c([nH]c4ccccc14)[C@@]3(C(=O)O)C2. The van der Waals surface area contributed by atoms with Gasteiger partial charge < -0.3 is 14.8 Å². The molecule has 4 atom stereocenters. The van der Waals surface area contributed by atoms with Gasteiger partial charge in [0.2, 0.25) is 11.8 Å². The van der Waals surface area contributed by atoms with E-state index in [1.807, 2.05) is 19.1 Å². The van der Waals surface area contributed by atoms with Crippen molar-refractivity contribution in [3.8, 4) is 0 Å². The molecule has 2 N–H and O–H groups in total. The number of nitrogens with one attached hydrogen (secondary N) is 1. The van der Waals surface area contributed by atoms with Crippen LogP contribution in [0.25, 0.3) is 10.9 Å². The summed E-state index contributed by atoms with van der Waals surface area (Å²) in [6, 6.07) is 8.21. The van der Waals surface area contributed by atoms with E-state index in [4.69, 9.17) is 4.74 Å². The molecular formula is C22H27N2O3+. The van der Waals surface area contributed by atoms with E-state index in [0.717, 1.165) is 30.6 Å². The van der Waals surface area contributed by atoms with Crippen molar-refractivity contribution >= 4 is 16.9 Å². The van der Waals surface area contributed by atoms with Gasteiger partial charge in [0.15, 0.2) is 0 Å². The van der Waals surface area contributed by atoms with E-state index in [9.17, 15) is 9.90 Å². The minimum absolute atomic E-state index is 0.104. The van der Waals surface area contributed by atoms with Gasteiger partial charge in [0.05, 0.1) is 24.3 Å². The summed E-state index contributed by atoms with van der Waals surface area (Å²) < 4.78 is 6.82. The zero-order valence-corrected chi connectivity index (χ0v) is 16.0. The number of quaternary nitrogens is 1. The van der Waals surface area contributed by atoms with Crippen molar-refractivity contribution in [3.05, 3.63) is 47.7 Å². The first kappa shape index (κ1) is 17.0. The minimum atomic E-state index is -0.980. The van der Waals surface area contributed by atoms with Gasteiger partial charge >= 0.3 is 5.97 Å². The number of nitrogens with zero attached hydrogens (tertiary/aromatic N) is 1. The molecule has 3 aliphatic heterocycles. The van der Waals surface area contributed by atoms with E-state index >= 15 is 0 Å². The van der Waals surface area contributed by atoms with Crippen LogP contribution in [0, 0.1) is 5.41 Å². The number of aromatic amines is 1. The Bertz CT molecular complexity index is 964. The van der Waals surface area contributed by atoms with Gasteiger partial charge in [-0.15, -0.1) is 0 Å². The van der Waals surface area contributed by atoms with Crippen molar-refractivity contribution in [1.29, 1.82) is 0 Å². The van der Waals surface area contributed by atoms with Gasteiger partial charge in [-0.1, -0.05) is 31.2 Å². The highest BCUT2D eigenvalue weighted by molar-refractivity contribution is 5.89. The predicted octanol–water partition coefficient (Wildman–Crippen LogP) is 3.55. The molecule has 5 rings (SSSR count). The maximum absolute atomic E-state index is 13.0. The van der Waals surface area contributed by atoms with Crippen molar-refractivity contribution in [1.82, 2.24) is 4.98 Å². The molecule has 1 aromatic carbocycles. The molecular weight excluding hydrogens is 340 g/mol. The van der Waals surface area contributed by atoms with Crippen molar-refractivity contribution < 1.29 is 19.1 Å². The number of carboxylic acids is 1. The zero-order valence-electron chi connectivity index (χ0n) is 16.0. The summed E-state index contributed by atoms with van der Waals surface area (Å²) in [4.78, 5) is 16.6. The van der Waals surface area contributed by atoms with Gasteiger partial charge in [0.25, 0.3) is 0 Å². The summed E-state index contributed by atoms with van der Waals surface area (Å²) in [6.07, 6.45) is 6.71. The maximum Gasteiger partial charge on any atom is 0.372 e. The third kappa shape index (κ3) is 1.79. The molecule has 1 unspecified atom stereocenters. The Morgan fingerprint density at radius 3 is 2.93 bits per heavy atom. The number of benzene rings is 1. The molecule has 1 fully saturated rings. The van der Waals surface area contributed by atoms with Crippen molar-refractivity contribution in [2.75, 3.05) is 19.7 Å². The number of fused-ring (bicyclic) bond motifs is 5. The van der Waals surface area contributed by atoms with Gasteiger partial charge in [-0.3, -0.25) is 4.48 Å². The monoisotopic (exact) mass is 367 g/mol. The van der Waals surface area contributed by atoms with Crippen LogP contribution < -0.4 is 0 Å². The van der Waals surface area contributed by atoms with Crippen LogP contribution in [0.5, 0.6) is 0 Å². The Balaban J connectivity index is 1.83. The number of carbonyl (C=O) groups is 1. The molecule has 2 aromatic rings. The lowest BCUT2D eigenvalue weighted by molar-refractivity contribution is -1.00. The standard InChI is InChI=1S/C22H26N2O3/c1-3-21-11-7-12-24(19(21)27-4-2)13-10-16-15-8-5-6-9-17(15)23-18(16)22(24,14-21)20(25)26/h5-9,11,19,23H,3-4,10,12-14H2,1-2H3/p+1/t19?,21-,22+,24+/m0/s1. The summed E-state index contributed by atoms with van der Waals surface area (Å²) in [5, 5.41) is 11.9. The summed E-state index contributed by atoms with van der Waals surface area (Å²) in [5.41, 5.74) is 1.92. The molecule has 5 heteroatoms. The highest BCUT2D eigenvalue weighted by atomic mass is 16.5. The molecule has 3 aliphatic rings. The largest absolute Gasteiger partial charge is 0.476 e. The van der Waals surface area contributed by atoms with Crippen LogP contribution in [-0.4, -0.2) is 46.5 Å². The van der Waals surface area contributed by atoms with E-state index in [2.05, 4.69) is 36.2 Å². The first-order valence-corrected chi connectivity index (χ1v) is 10.0. The normalized spacial score (nSPS) is 36.6. The second-order valence-electron chi connectivity index (χ2n) is 8.35. The zero-order chi connectivity index (χ0) is 18.9. The van der Waals surface area contributed by atoms with Crippen LogP contribution in [0.15, 0.2) is 36.4 Å². The Morgan fingerprint density at radius 2 is 2.19 bits per heavy atom. The number of aromatic nitrogens is 1. The Kier molecular flexibility index (Phi) is 3.44. The fraction of sp³-hybridized carbons (Fsp3) is 0.500. The van der Waals surface area contributed by atoms with Gasteiger partial charge in [0, 0.05) is 23.7 Å². The van der Waals surface area contributed by atoms with Gasteiger partial charge in [0.1, 0.15) is 6.54 Å². The topological polar surface area (TPSA) is 62.3 Å². The molecule has 4 heterocycles. The average Bonchev–Trinajstić information content (AvgIpc) is 3.10. The van der Waals surface area contributed by atoms with Crippen LogP contribution in [0.2, 0.25) is 0 Å². The minimum Gasteiger partial charge on any atom is -0.476 e. The average molecular weight is 367 g/mol. The second kappa shape index (κ2) is 5.46. The highest BCUT2D eigenvalue weighted by Crippen LogP contribution is 2.63. The highest BCUT2D eigenvalue weighted by Gasteiger charge is 2.77. The summed E-state index contributed by atoms with van der Waals surface area (Å²) in [7, 11) is 0. The number of carboxylic acid groups (broad SMARTS) is 1. The first-order chi connectivity index (χ1) is 13.0. The van der Waals surface area contributed by atoms with Gasteiger partial charge in [-0.05, 0) is 31.1 Å². The predicted molar refractivity (Wildman–Crippen MR) is 103 cm³/mol. The Labute approximate surface area is 159 Å². The van der Waals surface area contributed by atoms with Crippen LogP contribution >= 0.6 is 0 Å². The number of hydrogen-bond acceptors (Lipinski definition) is 2. The lowest BCUT2D eigenvalue weighted by Crippen LogP contribution is -2.70. The van der Waals surface area contributed by atoms with E-state index in [-0.39, 0.29) is 11.6 Å². The molecule has 0 saturated carbocycles. The number of aliphatic carboxylic acids is 1. The molecule has 5 nitrogen and oxygen atoms in total. The second-order valence-corrected chi connectivity index (χ2v) is 8.35. The molecule has 142 valence electrons. The van der Waals surface area contributed by atoms with Crippen LogP contribution in [0.1, 0.15) is 37.9 Å². The van der Waals surface area contributed by atoms with Crippen molar-refractivity contribution in [3.63, 3.8) is 0 Å². The van der Waals surface area contributed by atoms with Gasteiger partial charge in [-0.25, -0.2) is 4.79 Å². The maximum atomic E-state index is 13.0. The van der Waals surface area contributed by atoms with Crippen LogP contribution in [-0.2, 0) is 21.5 Å². The number of H-pyrrole nitrogens is 1. The smallest absolute Gasteiger partial charge is 0.372 e. The fourth-order valence-corrected chi connectivity index (χ4v) is 6.37. The number of rotatable bonds is 4. The molecule has 27 heavy (non-hydrogen) atoms. The third-order valence-corrected chi connectivity index (χ3v) is 7.49. The summed E-state index contributed by atoms with van der Waals surface area (Å²) in [5.74, 6) is -0.723. The molecule has 0 amide bonds. The lowest BCUT2D eigenvalue weighted by Gasteiger charge is -2.52. The Morgan fingerprint density at radius 1 is 1.37 bits per heavy atom. The van der Waals surface area contributed by atoms with E-state index in [1.165, 1.54) is 10.9 Å². The summed E-state index contributed by atoms with van der Waals surface area (Å²) in [6.45, 7) is 6.31. The van der Waals surface area contributed by atoms with Gasteiger partial charge in [-0.2, -0.15) is 0 Å². The first-order valence-electron chi connectivity index (χ1n) is 10.0. The third-order valence-electron chi connectivity index (χ3n) is 7.49. The molecule has 2 bridgehead atoms. The number of ether oxygens (including phenoxy) is 1. The number of hydrogen-bond donors (Lipinski definition) is 2. The van der Waals surface area contributed by atoms with E-state index in [0.29, 0.717) is 24.1 Å². The fourth-order valence-electron chi connectivity index (χ4n) is 6.37. The van der Waals surface area contributed by atoms with E-state index in [1.54, 1.807) is 0 Å². The summed E-state index contributed by atoms with van der Waals surface area (Å²) >= 11 is 0. The van der Waals surface area contributed by atoms with Crippen LogP contribution in [0.3, 0.4) is 0 Å². The molecule has 1 saturated heterocycles. The molecule has 0 aliphatic carbocycles. The quantitative estimate of drug-likeness (QED) is 0.642. The van der Waals surface area contributed by atoms with Crippen LogP contribution in [0.4, 0.5) is 0 Å². The van der Waals surface area contributed by atoms with Crippen molar-refractivity contribution in [2.45, 2.75) is 44.9 Å². The van der Waals surface area contributed by atoms with E-state index < -0.39 is 11.5 Å². The Hall–Kier alpha value is -2.11. The lowest BCUT2D eigenvalue weighted by atomic mass is 9.75. The molecule has 1 aromatic heterocycles.